The Morgan fingerprint density at radius 2 is 1.96 bits per heavy atom. The van der Waals surface area contributed by atoms with E-state index < -0.39 is 0 Å². The van der Waals surface area contributed by atoms with E-state index in [0.717, 1.165) is 17.1 Å². The van der Waals surface area contributed by atoms with Crippen LogP contribution in [0.25, 0.3) is 0 Å². The number of ether oxygens (including phenoxy) is 2. The summed E-state index contributed by atoms with van der Waals surface area (Å²) in [4.78, 5) is 14.0. The van der Waals surface area contributed by atoms with Gasteiger partial charge in [0.05, 0.1) is 20.8 Å². The zero-order valence-corrected chi connectivity index (χ0v) is 14.8. The molecule has 0 atom stereocenters. The summed E-state index contributed by atoms with van der Waals surface area (Å²) in [6, 6.07) is 12.7. The largest absolute Gasteiger partial charge is 0.497 e. The van der Waals surface area contributed by atoms with E-state index in [2.05, 4.69) is 5.32 Å². The van der Waals surface area contributed by atoms with E-state index in [-0.39, 0.29) is 12.5 Å². The number of methoxy groups -OCH3 is 2. The molecule has 0 aromatic heterocycles. The molecule has 0 bridgehead atoms. The van der Waals surface area contributed by atoms with E-state index in [9.17, 15) is 4.79 Å². The summed E-state index contributed by atoms with van der Waals surface area (Å²) in [5.74, 6) is 1.36. The van der Waals surface area contributed by atoms with Crippen molar-refractivity contribution in [3.05, 3.63) is 53.1 Å². The first-order valence-corrected chi connectivity index (χ1v) is 7.84. The van der Waals surface area contributed by atoms with Gasteiger partial charge in [0.15, 0.2) is 0 Å². The summed E-state index contributed by atoms with van der Waals surface area (Å²) in [5.41, 5.74) is 1.67. The highest BCUT2D eigenvalue weighted by molar-refractivity contribution is 6.30. The number of carbonyl (C=O) groups is 1. The van der Waals surface area contributed by atoms with Gasteiger partial charge in [-0.3, -0.25) is 9.69 Å². The number of carbonyl (C=O) groups excluding carboxylic acids is 1. The number of hydrogen-bond acceptors (Lipinski definition) is 4. The van der Waals surface area contributed by atoms with Crippen molar-refractivity contribution in [1.82, 2.24) is 4.90 Å². The Labute approximate surface area is 147 Å². The van der Waals surface area contributed by atoms with Crippen molar-refractivity contribution >= 4 is 23.2 Å². The van der Waals surface area contributed by atoms with Crippen LogP contribution in [0.2, 0.25) is 5.02 Å². The van der Waals surface area contributed by atoms with Crippen LogP contribution in [0.3, 0.4) is 0 Å². The van der Waals surface area contributed by atoms with Gasteiger partial charge in [-0.15, -0.1) is 0 Å². The van der Waals surface area contributed by atoms with Gasteiger partial charge in [-0.05, 0) is 31.3 Å². The first-order chi connectivity index (χ1) is 11.5. The Balaban J connectivity index is 1.95. The van der Waals surface area contributed by atoms with Crippen LogP contribution >= 0.6 is 11.6 Å². The molecular formula is C18H21ClN2O3. The lowest BCUT2D eigenvalue weighted by molar-refractivity contribution is -0.117. The van der Waals surface area contributed by atoms with Gasteiger partial charge >= 0.3 is 0 Å². The van der Waals surface area contributed by atoms with E-state index in [1.54, 1.807) is 38.5 Å². The maximum Gasteiger partial charge on any atom is 0.238 e. The molecule has 6 heteroatoms. The third-order valence-electron chi connectivity index (χ3n) is 3.46. The normalized spacial score (nSPS) is 10.5. The lowest BCUT2D eigenvalue weighted by Crippen LogP contribution is -2.29. The van der Waals surface area contributed by atoms with E-state index in [4.69, 9.17) is 21.1 Å². The van der Waals surface area contributed by atoms with Gasteiger partial charge in [0.1, 0.15) is 11.5 Å². The number of nitrogens with zero attached hydrogens (tertiary/aromatic N) is 1. The first kappa shape index (κ1) is 18.1. The fourth-order valence-corrected chi connectivity index (χ4v) is 2.53. The van der Waals surface area contributed by atoms with Crippen molar-refractivity contribution in [2.24, 2.45) is 0 Å². The van der Waals surface area contributed by atoms with Crippen molar-refractivity contribution < 1.29 is 14.3 Å². The molecule has 1 amide bonds. The van der Waals surface area contributed by atoms with Crippen molar-refractivity contribution in [3.63, 3.8) is 0 Å². The Bertz CT molecular complexity index is 706. The van der Waals surface area contributed by atoms with Crippen LogP contribution in [-0.2, 0) is 11.3 Å². The first-order valence-electron chi connectivity index (χ1n) is 7.46. The third-order valence-corrected chi connectivity index (χ3v) is 3.69. The molecule has 0 aliphatic rings. The van der Waals surface area contributed by atoms with Crippen molar-refractivity contribution in [3.8, 4) is 11.5 Å². The highest BCUT2D eigenvalue weighted by Gasteiger charge is 2.11. The summed E-state index contributed by atoms with van der Waals surface area (Å²) < 4.78 is 10.6. The molecule has 0 radical (unpaired) electrons. The standard InChI is InChI=1S/C18H21ClN2O3/c1-21(11-13-7-8-16(23-2)10-17(13)24-3)12-18(22)20-15-6-4-5-14(19)9-15/h4-10H,11-12H2,1-3H3,(H,20,22). The average molecular weight is 349 g/mol. The Kier molecular flexibility index (Phi) is 6.46. The van der Waals surface area contributed by atoms with Crippen molar-refractivity contribution in [1.29, 1.82) is 0 Å². The van der Waals surface area contributed by atoms with Crippen LogP contribution in [0, 0.1) is 0 Å². The molecule has 0 saturated heterocycles. The van der Waals surface area contributed by atoms with Crippen LogP contribution in [-0.4, -0.2) is 38.6 Å². The van der Waals surface area contributed by atoms with Gasteiger partial charge in [-0.1, -0.05) is 23.7 Å². The number of rotatable bonds is 7. The summed E-state index contributed by atoms with van der Waals surface area (Å²) in [5, 5.41) is 3.42. The smallest absolute Gasteiger partial charge is 0.238 e. The molecule has 0 unspecified atom stereocenters. The van der Waals surface area contributed by atoms with Gasteiger partial charge in [-0.2, -0.15) is 0 Å². The van der Waals surface area contributed by atoms with Crippen molar-refractivity contribution in [2.45, 2.75) is 6.54 Å². The van der Waals surface area contributed by atoms with Crippen LogP contribution in [0.15, 0.2) is 42.5 Å². The number of amides is 1. The lowest BCUT2D eigenvalue weighted by atomic mass is 10.2. The zero-order chi connectivity index (χ0) is 17.5. The molecule has 0 aliphatic carbocycles. The van der Waals surface area contributed by atoms with Gasteiger partial charge in [0.25, 0.3) is 0 Å². The summed E-state index contributed by atoms with van der Waals surface area (Å²) in [6.07, 6.45) is 0. The number of benzene rings is 2. The fraction of sp³-hybridized carbons (Fsp3) is 0.278. The minimum atomic E-state index is -0.104. The van der Waals surface area contributed by atoms with Crippen LogP contribution in [0.1, 0.15) is 5.56 Å². The third kappa shape index (κ3) is 5.15. The maximum atomic E-state index is 12.1. The molecule has 0 fully saturated rings. The van der Waals surface area contributed by atoms with Gasteiger partial charge in [-0.25, -0.2) is 0 Å². The Morgan fingerprint density at radius 3 is 2.62 bits per heavy atom. The second kappa shape index (κ2) is 8.57. The number of likely N-dealkylation sites (N-methyl/N-ethyl adjacent to an activating group) is 1. The number of anilines is 1. The van der Waals surface area contributed by atoms with Crippen LogP contribution in [0.5, 0.6) is 11.5 Å². The second-order valence-corrected chi connectivity index (χ2v) is 5.85. The fourth-order valence-electron chi connectivity index (χ4n) is 2.34. The molecule has 5 nitrogen and oxygen atoms in total. The SMILES string of the molecule is COc1ccc(CN(C)CC(=O)Nc2cccc(Cl)c2)c(OC)c1. The highest BCUT2D eigenvalue weighted by Crippen LogP contribution is 2.25. The van der Waals surface area contributed by atoms with Crippen molar-refractivity contribution in [2.75, 3.05) is 33.1 Å². The molecule has 24 heavy (non-hydrogen) atoms. The van der Waals surface area contributed by atoms with Gasteiger partial charge in [0.2, 0.25) is 5.91 Å². The highest BCUT2D eigenvalue weighted by atomic mass is 35.5. The molecule has 2 aromatic rings. The molecule has 0 spiro atoms. The molecule has 2 rings (SSSR count). The van der Waals surface area contributed by atoms with E-state index in [1.165, 1.54) is 0 Å². The average Bonchev–Trinajstić information content (AvgIpc) is 2.54. The summed E-state index contributed by atoms with van der Waals surface area (Å²) in [7, 11) is 5.10. The molecule has 0 saturated carbocycles. The number of nitrogens with one attached hydrogen (secondary N) is 1. The van der Waals surface area contributed by atoms with Gasteiger partial charge in [0, 0.05) is 28.9 Å². The summed E-state index contributed by atoms with van der Waals surface area (Å²) in [6.45, 7) is 0.831. The van der Waals surface area contributed by atoms with E-state index in [1.807, 2.05) is 30.1 Å². The lowest BCUT2D eigenvalue weighted by Gasteiger charge is -2.18. The molecule has 0 heterocycles. The molecular weight excluding hydrogens is 328 g/mol. The van der Waals surface area contributed by atoms with Gasteiger partial charge < -0.3 is 14.8 Å². The summed E-state index contributed by atoms with van der Waals surface area (Å²) >= 11 is 5.91. The second-order valence-electron chi connectivity index (χ2n) is 5.41. The topological polar surface area (TPSA) is 50.8 Å². The molecule has 1 N–H and O–H groups in total. The molecule has 0 aliphatic heterocycles. The van der Waals surface area contributed by atoms with Crippen LogP contribution in [0.4, 0.5) is 5.69 Å². The maximum absolute atomic E-state index is 12.1. The Morgan fingerprint density at radius 1 is 1.17 bits per heavy atom. The Hall–Kier alpha value is -2.24. The quantitative estimate of drug-likeness (QED) is 0.833. The number of halogens is 1. The number of hydrogen-bond donors (Lipinski definition) is 1. The minimum absolute atomic E-state index is 0.104. The zero-order valence-electron chi connectivity index (χ0n) is 14.0. The minimum Gasteiger partial charge on any atom is -0.497 e. The predicted molar refractivity (Wildman–Crippen MR) is 96.0 cm³/mol. The molecule has 2 aromatic carbocycles. The monoisotopic (exact) mass is 348 g/mol. The predicted octanol–water partition coefficient (Wildman–Crippen LogP) is 3.43. The van der Waals surface area contributed by atoms with Crippen LogP contribution < -0.4 is 14.8 Å². The van der Waals surface area contributed by atoms with E-state index >= 15 is 0 Å². The van der Waals surface area contributed by atoms with E-state index in [0.29, 0.717) is 17.3 Å². The molecule has 128 valence electrons.